The standard InChI is InChI=1S/C23H34F2N2O2/c1-28-13-14-29-22-17-27(23(22)9-3-2-4-10-23)20-7-11-26(12-8-20)16-18-5-6-19(24)15-21(18)25/h5-6,15,20,22H,2-4,7-14,16-17H2,1H3. The number of piperidine rings is 1. The van der Waals surface area contributed by atoms with Crippen molar-refractivity contribution >= 4 is 0 Å². The summed E-state index contributed by atoms with van der Waals surface area (Å²) in [5.74, 6) is -0.949. The van der Waals surface area contributed by atoms with E-state index in [1.54, 1.807) is 13.2 Å². The molecule has 2 saturated heterocycles. The third-order valence-electron chi connectivity index (χ3n) is 7.27. The molecule has 1 aliphatic carbocycles. The van der Waals surface area contributed by atoms with Gasteiger partial charge in [0, 0.05) is 43.4 Å². The van der Waals surface area contributed by atoms with E-state index >= 15 is 0 Å². The highest BCUT2D eigenvalue weighted by atomic mass is 19.1. The molecule has 162 valence electrons. The summed E-state index contributed by atoms with van der Waals surface area (Å²) in [5, 5.41) is 0. The van der Waals surface area contributed by atoms with E-state index < -0.39 is 11.6 Å². The zero-order valence-electron chi connectivity index (χ0n) is 17.5. The lowest BCUT2D eigenvalue weighted by atomic mass is 9.69. The first kappa shape index (κ1) is 21.2. The van der Waals surface area contributed by atoms with Gasteiger partial charge in [0.25, 0.3) is 0 Å². The molecule has 0 bridgehead atoms. The van der Waals surface area contributed by atoms with Gasteiger partial charge in [-0.05, 0) is 44.8 Å². The van der Waals surface area contributed by atoms with Crippen molar-refractivity contribution in [3.8, 4) is 0 Å². The number of hydrogen-bond donors (Lipinski definition) is 0. The van der Waals surface area contributed by atoms with Gasteiger partial charge in [-0.25, -0.2) is 8.78 Å². The minimum atomic E-state index is -0.511. The minimum absolute atomic E-state index is 0.224. The van der Waals surface area contributed by atoms with Crippen LogP contribution in [-0.4, -0.2) is 67.4 Å². The quantitative estimate of drug-likeness (QED) is 0.637. The average molecular weight is 409 g/mol. The summed E-state index contributed by atoms with van der Waals surface area (Å²) in [6.45, 7) is 4.85. The molecule has 1 unspecified atom stereocenters. The largest absolute Gasteiger partial charge is 0.382 e. The molecule has 3 aliphatic rings. The number of nitrogens with zero attached hydrogens (tertiary/aromatic N) is 2. The van der Waals surface area contributed by atoms with Gasteiger partial charge in [-0.15, -0.1) is 0 Å². The highest BCUT2D eigenvalue weighted by Gasteiger charge is 2.56. The molecule has 1 atom stereocenters. The van der Waals surface area contributed by atoms with Crippen molar-refractivity contribution in [2.24, 2.45) is 0 Å². The Labute approximate surface area is 173 Å². The first-order chi connectivity index (χ1) is 14.1. The Hall–Kier alpha value is -1.08. The third-order valence-corrected chi connectivity index (χ3v) is 7.27. The van der Waals surface area contributed by atoms with E-state index in [0.717, 1.165) is 38.5 Å². The first-order valence-corrected chi connectivity index (χ1v) is 11.2. The lowest BCUT2D eigenvalue weighted by Gasteiger charge is -2.63. The van der Waals surface area contributed by atoms with Gasteiger partial charge in [0.15, 0.2) is 0 Å². The van der Waals surface area contributed by atoms with Gasteiger partial charge in [0.05, 0.1) is 19.3 Å². The molecule has 1 saturated carbocycles. The Kier molecular flexibility index (Phi) is 6.84. The molecule has 0 amide bonds. The van der Waals surface area contributed by atoms with Crippen molar-refractivity contribution in [1.29, 1.82) is 0 Å². The molecule has 1 aromatic rings. The Morgan fingerprint density at radius 1 is 1.07 bits per heavy atom. The van der Waals surface area contributed by atoms with Crippen LogP contribution in [0.15, 0.2) is 18.2 Å². The van der Waals surface area contributed by atoms with E-state index in [1.807, 2.05) is 0 Å². The smallest absolute Gasteiger partial charge is 0.130 e. The molecule has 29 heavy (non-hydrogen) atoms. The van der Waals surface area contributed by atoms with Crippen molar-refractivity contribution in [3.63, 3.8) is 0 Å². The molecule has 1 spiro atoms. The lowest BCUT2D eigenvalue weighted by molar-refractivity contribution is -0.204. The molecule has 1 aromatic carbocycles. The summed E-state index contributed by atoms with van der Waals surface area (Å²) in [7, 11) is 1.72. The van der Waals surface area contributed by atoms with Crippen LogP contribution in [-0.2, 0) is 16.0 Å². The highest BCUT2D eigenvalue weighted by molar-refractivity contribution is 5.18. The van der Waals surface area contributed by atoms with Crippen LogP contribution in [0.3, 0.4) is 0 Å². The predicted octanol–water partition coefficient (Wildman–Crippen LogP) is 3.98. The van der Waals surface area contributed by atoms with E-state index in [-0.39, 0.29) is 5.54 Å². The van der Waals surface area contributed by atoms with Gasteiger partial charge in [0.1, 0.15) is 11.6 Å². The van der Waals surface area contributed by atoms with Gasteiger partial charge in [-0.2, -0.15) is 0 Å². The summed E-state index contributed by atoms with van der Waals surface area (Å²) in [6, 6.07) is 4.50. The fraction of sp³-hybridized carbons (Fsp3) is 0.739. The Bertz CT molecular complexity index is 673. The highest BCUT2D eigenvalue weighted by Crippen LogP contribution is 2.47. The fourth-order valence-corrected chi connectivity index (χ4v) is 5.65. The lowest BCUT2D eigenvalue weighted by Crippen LogP contribution is -2.75. The number of hydrogen-bond acceptors (Lipinski definition) is 4. The van der Waals surface area contributed by atoms with Gasteiger partial charge in [0.2, 0.25) is 0 Å². The summed E-state index contributed by atoms with van der Waals surface area (Å²) in [5.41, 5.74) is 0.811. The number of ether oxygens (including phenoxy) is 2. The normalized spacial score (nSPS) is 26.0. The van der Waals surface area contributed by atoms with Gasteiger partial charge in [-0.1, -0.05) is 25.3 Å². The van der Waals surface area contributed by atoms with E-state index in [1.165, 1.54) is 38.2 Å². The van der Waals surface area contributed by atoms with Crippen LogP contribution in [0.25, 0.3) is 0 Å². The summed E-state index contributed by atoms with van der Waals surface area (Å²) in [4.78, 5) is 5.03. The van der Waals surface area contributed by atoms with Gasteiger partial charge >= 0.3 is 0 Å². The second-order valence-electron chi connectivity index (χ2n) is 8.91. The number of likely N-dealkylation sites (tertiary alicyclic amines) is 2. The number of rotatable bonds is 7. The van der Waals surface area contributed by atoms with Crippen LogP contribution < -0.4 is 0 Å². The molecule has 6 heteroatoms. The maximum atomic E-state index is 14.0. The Morgan fingerprint density at radius 2 is 1.83 bits per heavy atom. The van der Waals surface area contributed by atoms with Crippen molar-refractivity contribution in [3.05, 3.63) is 35.4 Å². The van der Waals surface area contributed by atoms with Crippen LogP contribution in [0, 0.1) is 11.6 Å². The second kappa shape index (κ2) is 9.38. The monoisotopic (exact) mass is 408 g/mol. The van der Waals surface area contributed by atoms with Crippen LogP contribution in [0.5, 0.6) is 0 Å². The van der Waals surface area contributed by atoms with Crippen molar-refractivity contribution < 1.29 is 18.3 Å². The third kappa shape index (κ3) is 4.50. The number of methoxy groups -OCH3 is 1. The van der Waals surface area contributed by atoms with E-state index in [2.05, 4.69) is 9.80 Å². The maximum Gasteiger partial charge on any atom is 0.130 e. The molecule has 4 nitrogen and oxygen atoms in total. The molecule has 0 aromatic heterocycles. The first-order valence-electron chi connectivity index (χ1n) is 11.2. The van der Waals surface area contributed by atoms with Crippen LogP contribution in [0.2, 0.25) is 0 Å². The van der Waals surface area contributed by atoms with Gasteiger partial charge in [-0.3, -0.25) is 9.80 Å². The Balaban J connectivity index is 1.32. The van der Waals surface area contributed by atoms with Crippen molar-refractivity contribution in [2.75, 3.05) is 40.0 Å². The Morgan fingerprint density at radius 3 is 2.52 bits per heavy atom. The SMILES string of the molecule is COCCOC1CN(C2CCN(Cc3ccc(F)cc3F)CC2)C12CCCCC2. The summed E-state index contributed by atoms with van der Waals surface area (Å²) in [6.07, 6.45) is 8.96. The summed E-state index contributed by atoms with van der Waals surface area (Å²) >= 11 is 0. The molecule has 2 aliphatic heterocycles. The molecule has 2 heterocycles. The molecule has 0 N–H and O–H groups in total. The molecular weight excluding hydrogens is 374 g/mol. The minimum Gasteiger partial charge on any atom is -0.382 e. The van der Waals surface area contributed by atoms with Gasteiger partial charge < -0.3 is 9.47 Å². The zero-order valence-corrected chi connectivity index (χ0v) is 17.5. The molecule has 3 fully saturated rings. The van der Waals surface area contributed by atoms with Crippen LogP contribution in [0.4, 0.5) is 8.78 Å². The molecule has 0 radical (unpaired) electrons. The van der Waals surface area contributed by atoms with Crippen LogP contribution >= 0.6 is 0 Å². The van der Waals surface area contributed by atoms with Crippen LogP contribution in [0.1, 0.15) is 50.5 Å². The fourth-order valence-electron chi connectivity index (χ4n) is 5.65. The number of benzene rings is 1. The van der Waals surface area contributed by atoms with E-state index in [0.29, 0.717) is 37.5 Å². The molecular formula is C23H34F2N2O2. The zero-order chi connectivity index (χ0) is 20.3. The molecule has 4 rings (SSSR count). The van der Waals surface area contributed by atoms with E-state index in [9.17, 15) is 8.78 Å². The average Bonchev–Trinajstić information content (AvgIpc) is 2.74. The van der Waals surface area contributed by atoms with Crippen molar-refractivity contribution in [1.82, 2.24) is 9.80 Å². The topological polar surface area (TPSA) is 24.9 Å². The predicted molar refractivity (Wildman–Crippen MR) is 109 cm³/mol. The van der Waals surface area contributed by atoms with E-state index in [4.69, 9.17) is 9.47 Å². The summed E-state index contributed by atoms with van der Waals surface area (Å²) < 4.78 is 38.5. The second-order valence-corrected chi connectivity index (χ2v) is 8.91. The van der Waals surface area contributed by atoms with Crippen molar-refractivity contribution in [2.45, 2.75) is 69.2 Å². The number of halogens is 2. The maximum absolute atomic E-state index is 14.0.